The maximum absolute atomic E-state index is 4.16. The zero-order chi connectivity index (χ0) is 13.2. The van der Waals surface area contributed by atoms with Crippen molar-refractivity contribution in [2.24, 2.45) is 0 Å². The first-order valence-corrected chi connectivity index (χ1v) is 6.03. The number of hydrogen-bond acceptors (Lipinski definition) is 3. The molecule has 0 atom stereocenters. The van der Waals surface area contributed by atoms with Gasteiger partial charge in [0.1, 0.15) is 5.82 Å². The number of para-hydroxylation sites is 1. The molecule has 0 fully saturated rings. The van der Waals surface area contributed by atoms with Crippen LogP contribution in [0, 0.1) is 0 Å². The predicted octanol–water partition coefficient (Wildman–Crippen LogP) is 3.91. The Balaban J connectivity index is 0.000000186. The van der Waals surface area contributed by atoms with Gasteiger partial charge in [-0.3, -0.25) is 4.98 Å². The van der Waals surface area contributed by atoms with Crippen molar-refractivity contribution in [3.05, 3.63) is 85.3 Å². The van der Waals surface area contributed by atoms with E-state index in [1.807, 2.05) is 66.7 Å². The summed E-state index contributed by atoms with van der Waals surface area (Å²) in [5, 5.41) is 3.19. The normalized spacial score (nSPS) is 9.05. The van der Waals surface area contributed by atoms with Crippen LogP contribution in [-0.2, 0) is 0 Å². The predicted molar refractivity (Wildman–Crippen MR) is 78.2 cm³/mol. The molecule has 3 rings (SSSR count). The molecule has 0 bridgehead atoms. The Labute approximate surface area is 113 Å². The second-order valence-electron chi connectivity index (χ2n) is 3.73. The molecule has 19 heavy (non-hydrogen) atoms. The molecule has 2 heterocycles. The maximum atomic E-state index is 4.16. The Morgan fingerprint density at radius 2 is 1.26 bits per heavy atom. The van der Waals surface area contributed by atoms with Crippen LogP contribution in [0.15, 0.2) is 85.3 Å². The number of rotatable bonds is 2. The molecule has 3 aromatic rings. The van der Waals surface area contributed by atoms with Crippen LogP contribution in [0.2, 0.25) is 0 Å². The van der Waals surface area contributed by atoms with Crippen LogP contribution in [0.25, 0.3) is 0 Å². The standard InChI is InChI=1S/C11H10N2.C5H5N/c1-2-6-10(7-3-1)13-11-8-4-5-9-12-11;1-2-4-6-5-3-1/h1-9H,(H,12,13);1-5H. The van der Waals surface area contributed by atoms with Gasteiger partial charge in [-0.2, -0.15) is 0 Å². The number of nitrogens with zero attached hydrogens (tertiary/aromatic N) is 2. The lowest BCUT2D eigenvalue weighted by atomic mass is 10.3. The van der Waals surface area contributed by atoms with Gasteiger partial charge in [-0.15, -0.1) is 0 Å². The molecule has 0 saturated heterocycles. The van der Waals surface area contributed by atoms with E-state index in [0.29, 0.717) is 0 Å². The van der Waals surface area contributed by atoms with Gasteiger partial charge >= 0.3 is 0 Å². The van der Waals surface area contributed by atoms with Crippen molar-refractivity contribution in [1.82, 2.24) is 9.97 Å². The smallest absolute Gasteiger partial charge is 0.130 e. The third kappa shape index (κ3) is 5.00. The van der Waals surface area contributed by atoms with Crippen molar-refractivity contribution >= 4 is 11.5 Å². The van der Waals surface area contributed by atoms with Crippen LogP contribution in [0.5, 0.6) is 0 Å². The van der Waals surface area contributed by atoms with Crippen LogP contribution in [0.1, 0.15) is 0 Å². The largest absolute Gasteiger partial charge is 0.340 e. The Hall–Kier alpha value is -2.68. The van der Waals surface area contributed by atoms with Crippen LogP contribution in [0.4, 0.5) is 11.5 Å². The van der Waals surface area contributed by atoms with Gasteiger partial charge < -0.3 is 5.32 Å². The monoisotopic (exact) mass is 249 g/mol. The molecule has 0 amide bonds. The third-order valence-corrected chi connectivity index (χ3v) is 2.28. The van der Waals surface area contributed by atoms with E-state index in [-0.39, 0.29) is 0 Å². The Bertz CT molecular complexity index is 489. The van der Waals surface area contributed by atoms with Gasteiger partial charge in [-0.05, 0) is 36.4 Å². The third-order valence-electron chi connectivity index (χ3n) is 2.28. The summed E-state index contributed by atoms with van der Waals surface area (Å²) in [6.07, 6.45) is 5.27. The summed E-state index contributed by atoms with van der Waals surface area (Å²) in [6, 6.07) is 21.5. The van der Waals surface area contributed by atoms with Crippen LogP contribution >= 0.6 is 0 Å². The van der Waals surface area contributed by atoms with E-state index in [2.05, 4.69) is 15.3 Å². The molecule has 1 aromatic carbocycles. The lowest BCUT2D eigenvalue weighted by molar-refractivity contribution is 1.31. The Morgan fingerprint density at radius 3 is 1.79 bits per heavy atom. The van der Waals surface area contributed by atoms with E-state index >= 15 is 0 Å². The SMILES string of the molecule is c1ccc(Nc2ccccn2)cc1.c1ccncc1. The van der Waals surface area contributed by atoms with Crippen molar-refractivity contribution in [3.63, 3.8) is 0 Å². The molecule has 0 spiro atoms. The van der Waals surface area contributed by atoms with Crippen molar-refractivity contribution in [3.8, 4) is 0 Å². The van der Waals surface area contributed by atoms with Crippen LogP contribution < -0.4 is 5.32 Å². The summed E-state index contributed by atoms with van der Waals surface area (Å²) < 4.78 is 0. The van der Waals surface area contributed by atoms with Crippen molar-refractivity contribution < 1.29 is 0 Å². The first-order valence-electron chi connectivity index (χ1n) is 6.03. The van der Waals surface area contributed by atoms with E-state index in [4.69, 9.17) is 0 Å². The number of nitrogens with one attached hydrogen (secondary N) is 1. The quantitative estimate of drug-likeness (QED) is 0.748. The molecular formula is C16H15N3. The Kier molecular flexibility index (Phi) is 5.11. The van der Waals surface area contributed by atoms with Gasteiger partial charge in [0.05, 0.1) is 0 Å². The zero-order valence-corrected chi connectivity index (χ0v) is 10.5. The van der Waals surface area contributed by atoms with Gasteiger partial charge in [0.15, 0.2) is 0 Å². The average molecular weight is 249 g/mol. The highest BCUT2D eigenvalue weighted by atomic mass is 15.0. The lowest BCUT2D eigenvalue weighted by Crippen LogP contribution is -1.91. The molecule has 3 heteroatoms. The minimum absolute atomic E-state index is 0.869. The molecule has 0 unspecified atom stereocenters. The molecule has 3 nitrogen and oxygen atoms in total. The van der Waals surface area contributed by atoms with Gasteiger partial charge in [0.25, 0.3) is 0 Å². The fourth-order valence-electron chi connectivity index (χ4n) is 1.42. The van der Waals surface area contributed by atoms with Gasteiger partial charge in [-0.1, -0.05) is 30.3 Å². The van der Waals surface area contributed by atoms with Gasteiger partial charge in [0.2, 0.25) is 0 Å². The molecule has 0 aliphatic carbocycles. The molecular weight excluding hydrogens is 234 g/mol. The number of benzene rings is 1. The van der Waals surface area contributed by atoms with Crippen molar-refractivity contribution in [1.29, 1.82) is 0 Å². The number of pyridine rings is 2. The highest BCUT2D eigenvalue weighted by Gasteiger charge is 1.91. The van der Waals surface area contributed by atoms with E-state index in [1.165, 1.54) is 0 Å². The molecule has 94 valence electrons. The highest BCUT2D eigenvalue weighted by Crippen LogP contribution is 2.11. The summed E-state index contributed by atoms with van der Waals surface area (Å²) in [5.74, 6) is 0.869. The Morgan fingerprint density at radius 1 is 0.632 bits per heavy atom. The zero-order valence-electron chi connectivity index (χ0n) is 10.5. The number of anilines is 2. The summed E-state index contributed by atoms with van der Waals surface area (Å²) in [6.45, 7) is 0. The molecule has 1 N–H and O–H groups in total. The topological polar surface area (TPSA) is 37.8 Å². The molecule has 0 aliphatic rings. The van der Waals surface area contributed by atoms with E-state index in [0.717, 1.165) is 11.5 Å². The summed E-state index contributed by atoms with van der Waals surface area (Å²) >= 11 is 0. The minimum atomic E-state index is 0.869. The lowest BCUT2D eigenvalue weighted by Gasteiger charge is -2.03. The molecule has 2 aromatic heterocycles. The second-order valence-corrected chi connectivity index (χ2v) is 3.73. The van der Waals surface area contributed by atoms with Gasteiger partial charge in [-0.25, -0.2) is 4.98 Å². The fourth-order valence-corrected chi connectivity index (χ4v) is 1.42. The summed E-state index contributed by atoms with van der Waals surface area (Å²) in [7, 11) is 0. The second kappa shape index (κ2) is 7.61. The van der Waals surface area contributed by atoms with E-state index < -0.39 is 0 Å². The minimum Gasteiger partial charge on any atom is -0.340 e. The molecule has 0 aliphatic heterocycles. The van der Waals surface area contributed by atoms with Gasteiger partial charge in [0, 0.05) is 24.3 Å². The molecule has 0 radical (unpaired) electrons. The average Bonchev–Trinajstić information content (AvgIpc) is 2.52. The highest BCUT2D eigenvalue weighted by molar-refractivity contribution is 5.55. The first kappa shape index (κ1) is 12.8. The summed E-state index contributed by atoms with van der Waals surface area (Å²) in [4.78, 5) is 7.95. The van der Waals surface area contributed by atoms with Crippen LogP contribution in [-0.4, -0.2) is 9.97 Å². The molecule has 0 saturated carbocycles. The number of aromatic nitrogens is 2. The first-order chi connectivity index (χ1) is 9.45. The van der Waals surface area contributed by atoms with E-state index in [9.17, 15) is 0 Å². The maximum Gasteiger partial charge on any atom is 0.130 e. The van der Waals surface area contributed by atoms with Crippen LogP contribution in [0.3, 0.4) is 0 Å². The number of hydrogen-bond donors (Lipinski definition) is 1. The fraction of sp³-hybridized carbons (Fsp3) is 0. The van der Waals surface area contributed by atoms with E-state index in [1.54, 1.807) is 18.6 Å². The summed E-state index contributed by atoms with van der Waals surface area (Å²) in [5.41, 5.74) is 1.06. The van der Waals surface area contributed by atoms with Crippen molar-refractivity contribution in [2.45, 2.75) is 0 Å². The van der Waals surface area contributed by atoms with Crippen molar-refractivity contribution in [2.75, 3.05) is 5.32 Å².